The molecular formula is C16H20FN. The molecule has 3 fully saturated rings. The minimum Gasteiger partial charge on any atom is -0.309 e. The molecule has 2 bridgehead atoms. The Kier molecular flexibility index (Phi) is 2.32. The molecule has 4 atom stereocenters. The first-order chi connectivity index (χ1) is 8.74. The third-order valence-corrected chi connectivity index (χ3v) is 5.57. The van der Waals surface area contributed by atoms with Gasteiger partial charge in [0.25, 0.3) is 0 Å². The Morgan fingerprint density at radius 1 is 1.22 bits per heavy atom. The number of halogens is 1. The van der Waals surface area contributed by atoms with Gasteiger partial charge in [-0.05, 0) is 73.1 Å². The average Bonchev–Trinajstić information content (AvgIpc) is 2.75. The second-order valence-corrected chi connectivity index (χ2v) is 6.47. The Hall–Kier alpha value is -0.890. The van der Waals surface area contributed by atoms with Gasteiger partial charge >= 0.3 is 0 Å². The molecule has 0 radical (unpaired) electrons. The number of hydrogen-bond donors (Lipinski definition) is 1. The maximum absolute atomic E-state index is 13.0. The van der Waals surface area contributed by atoms with E-state index in [0.717, 1.165) is 41.8 Å². The highest BCUT2D eigenvalue weighted by atomic mass is 19.1. The van der Waals surface area contributed by atoms with Gasteiger partial charge in [-0.25, -0.2) is 4.39 Å². The lowest BCUT2D eigenvalue weighted by Gasteiger charge is -2.12. The third-order valence-electron chi connectivity index (χ3n) is 5.57. The Labute approximate surface area is 108 Å². The predicted molar refractivity (Wildman–Crippen MR) is 69.6 cm³/mol. The zero-order valence-corrected chi connectivity index (χ0v) is 10.8. The predicted octanol–water partition coefficient (Wildman–Crippen LogP) is 3.27. The van der Waals surface area contributed by atoms with Crippen LogP contribution in [0, 0.1) is 36.4 Å². The molecule has 0 aliphatic heterocycles. The van der Waals surface area contributed by atoms with E-state index in [0.29, 0.717) is 0 Å². The van der Waals surface area contributed by atoms with E-state index in [2.05, 4.69) is 5.32 Å². The van der Waals surface area contributed by atoms with E-state index in [1.165, 1.54) is 24.8 Å². The van der Waals surface area contributed by atoms with E-state index in [1.807, 2.05) is 13.0 Å². The van der Waals surface area contributed by atoms with Crippen LogP contribution in [0.25, 0.3) is 0 Å². The van der Waals surface area contributed by atoms with Crippen molar-refractivity contribution in [1.29, 1.82) is 0 Å². The molecule has 3 saturated carbocycles. The van der Waals surface area contributed by atoms with Crippen LogP contribution in [0.3, 0.4) is 0 Å². The number of fused-ring (bicyclic) bond motifs is 5. The van der Waals surface area contributed by atoms with Crippen molar-refractivity contribution in [3.8, 4) is 0 Å². The summed E-state index contributed by atoms with van der Waals surface area (Å²) in [5.41, 5.74) is 2.31. The fourth-order valence-corrected chi connectivity index (χ4v) is 4.68. The molecule has 1 aromatic rings. The normalized spacial score (nSPS) is 40.0. The second-order valence-electron chi connectivity index (χ2n) is 6.47. The zero-order chi connectivity index (χ0) is 12.3. The van der Waals surface area contributed by atoms with Crippen molar-refractivity contribution in [2.75, 3.05) is 0 Å². The number of rotatable bonds is 3. The lowest BCUT2D eigenvalue weighted by Crippen LogP contribution is -2.22. The van der Waals surface area contributed by atoms with E-state index in [9.17, 15) is 4.39 Å². The van der Waals surface area contributed by atoms with Crippen LogP contribution in [-0.4, -0.2) is 6.04 Å². The summed E-state index contributed by atoms with van der Waals surface area (Å²) in [6.45, 7) is 2.90. The minimum absolute atomic E-state index is 0.127. The maximum Gasteiger partial charge on any atom is 0.123 e. The van der Waals surface area contributed by atoms with Gasteiger partial charge in [-0.15, -0.1) is 0 Å². The van der Waals surface area contributed by atoms with Crippen LogP contribution in [0.5, 0.6) is 0 Å². The highest BCUT2D eigenvalue weighted by Gasteiger charge is 2.64. The Bertz CT molecular complexity index is 468. The van der Waals surface area contributed by atoms with Gasteiger partial charge in [0.05, 0.1) is 0 Å². The minimum atomic E-state index is -0.127. The van der Waals surface area contributed by atoms with Crippen molar-refractivity contribution in [2.24, 2.45) is 23.7 Å². The average molecular weight is 245 g/mol. The summed E-state index contributed by atoms with van der Waals surface area (Å²) in [4.78, 5) is 0. The van der Waals surface area contributed by atoms with Gasteiger partial charge in [0.1, 0.15) is 5.82 Å². The first-order valence-electron chi connectivity index (χ1n) is 7.22. The molecule has 3 aliphatic rings. The van der Waals surface area contributed by atoms with Gasteiger partial charge in [0.2, 0.25) is 0 Å². The third kappa shape index (κ3) is 1.55. The van der Waals surface area contributed by atoms with Crippen LogP contribution < -0.4 is 5.32 Å². The van der Waals surface area contributed by atoms with Crippen LogP contribution in [0.15, 0.2) is 18.2 Å². The van der Waals surface area contributed by atoms with Gasteiger partial charge in [-0.1, -0.05) is 6.07 Å². The van der Waals surface area contributed by atoms with E-state index in [4.69, 9.17) is 0 Å². The van der Waals surface area contributed by atoms with Gasteiger partial charge in [-0.2, -0.15) is 0 Å². The molecule has 18 heavy (non-hydrogen) atoms. The van der Waals surface area contributed by atoms with Crippen LogP contribution in [0.1, 0.15) is 30.4 Å². The smallest absolute Gasteiger partial charge is 0.123 e. The molecule has 0 aromatic heterocycles. The fraction of sp³-hybridized carbons (Fsp3) is 0.625. The molecule has 1 N–H and O–H groups in total. The number of hydrogen-bond acceptors (Lipinski definition) is 1. The summed E-state index contributed by atoms with van der Waals surface area (Å²) in [6.07, 6.45) is 4.45. The maximum atomic E-state index is 13.0. The molecule has 1 nitrogen and oxygen atoms in total. The summed E-state index contributed by atoms with van der Waals surface area (Å²) in [6, 6.07) is 5.89. The highest BCUT2D eigenvalue weighted by Crippen LogP contribution is 2.65. The quantitative estimate of drug-likeness (QED) is 0.862. The van der Waals surface area contributed by atoms with Crippen molar-refractivity contribution in [2.45, 2.75) is 38.8 Å². The monoisotopic (exact) mass is 245 g/mol. The van der Waals surface area contributed by atoms with Crippen LogP contribution in [-0.2, 0) is 6.54 Å². The molecule has 0 amide bonds. The van der Waals surface area contributed by atoms with Crippen LogP contribution in [0.2, 0.25) is 0 Å². The molecule has 2 heteroatoms. The van der Waals surface area contributed by atoms with Crippen molar-refractivity contribution in [3.05, 3.63) is 35.1 Å². The molecule has 4 rings (SSSR count). The Morgan fingerprint density at radius 2 is 1.94 bits per heavy atom. The lowest BCUT2D eigenvalue weighted by atomic mass is 10.0. The summed E-state index contributed by atoms with van der Waals surface area (Å²) >= 11 is 0. The topological polar surface area (TPSA) is 12.0 Å². The van der Waals surface area contributed by atoms with Gasteiger partial charge in [-0.3, -0.25) is 0 Å². The van der Waals surface area contributed by atoms with E-state index >= 15 is 0 Å². The molecule has 0 saturated heterocycles. The van der Waals surface area contributed by atoms with Crippen molar-refractivity contribution < 1.29 is 4.39 Å². The molecule has 4 unspecified atom stereocenters. The van der Waals surface area contributed by atoms with E-state index in [-0.39, 0.29) is 5.82 Å². The summed E-state index contributed by atoms with van der Waals surface area (Å²) in [7, 11) is 0. The van der Waals surface area contributed by atoms with Crippen LogP contribution in [0.4, 0.5) is 4.39 Å². The number of nitrogens with one attached hydrogen (secondary N) is 1. The zero-order valence-electron chi connectivity index (χ0n) is 10.8. The molecule has 3 aliphatic carbocycles. The van der Waals surface area contributed by atoms with Gasteiger partial charge < -0.3 is 5.32 Å². The fourth-order valence-electron chi connectivity index (χ4n) is 4.68. The molecule has 0 spiro atoms. The highest BCUT2D eigenvalue weighted by molar-refractivity contribution is 5.27. The second kappa shape index (κ2) is 3.80. The Balaban J connectivity index is 1.40. The first kappa shape index (κ1) is 11.0. The summed E-state index contributed by atoms with van der Waals surface area (Å²) in [5.74, 6) is 3.87. The van der Waals surface area contributed by atoms with Gasteiger partial charge in [0, 0.05) is 12.6 Å². The molecule has 0 heterocycles. The first-order valence-corrected chi connectivity index (χ1v) is 7.22. The Morgan fingerprint density at radius 3 is 2.61 bits per heavy atom. The summed E-state index contributed by atoms with van der Waals surface area (Å²) < 4.78 is 13.0. The van der Waals surface area contributed by atoms with E-state index in [1.54, 1.807) is 12.1 Å². The standard InChI is InChI=1S/C16H20FN/c1-9-6-13(17)5-4-12(9)8-18-16-14-10-2-3-11(7-10)15(14)16/h4-6,10-11,14-16,18H,2-3,7-8H2,1H3. The molecule has 1 aromatic carbocycles. The number of benzene rings is 1. The van der Waals surface area contributed by atoms with E-state index < -0.39 is 0 Å². The largest absolute Gasteiger partial charge is 0.309 e. The van der Waals surface area contributed by atoms with Crippen molar-refractivity contribution >= 4 is 0 Å². The molecule has 96 valence electrons. The van der Waals surface area contributed by atoms with Crippen molar-refractivity contribution in [3.63, 3.8) is 0 Å². The molecular weight excluding hydrogens is 225 g/mol. The number of aryl methyl sites for hydroxylation is 1. The lowest BCUT2D eigenvalue weighted by molar-refractivity contribution is 0.456. The van der Waals surface area contributed by atoms with Gasteiger partial charge in [0.15, 0.2) is 0 Å². The van der Waals surface area contributed by atoms with Crippen LogP contribution >= 0.6 is 0 Å². The SMILES string of the molecule is Cc1cc(F)ccc1CNC1C2C3CCC(C3)C12. The summed E-state index contributed by atoms with van der Waals surface area (Å²) in [5, 5.41) is 3.71. The van der Waals surface area contributed by atoms with Crippen molar-refractivity contribution in [1.82, 2.24) is 5.32 Å².